The molecular formula is C23H16N2O2. The summed E-state index contributed by atoms with van der Waals surface area (Å²) < 4.78 is 0. The Bertz CT molecular complexity index is 1260. The molecule has 3 aromatic carbocycles. The minimum atomic E-state index is -0.277. The Hall–Kier alpha value is -3.53. The molecule has 0 atom stereocenters. The number of para-hydroxylation sites is 2. The molecule has 0 radical (unpaired) electrons. The molecule has 4 nitrogen and oxygen atoms in total. The van der Waals surface area contributed by atoms with Crippen molar-refractivity contribution in [3.8, 4) is 0 Å². The summed E-state index contributed by atoms with van der Waals surface area (Å²) in [6, 6.07) is 20.8. The van der Waals surface area contributed by atoms with Crippen molar-refractivity contribution in [3.05, 3.63) is 83.4 Å². The zero-order valence-electron chi connectivity index (χ0n) is 14.8. The fourth-order valence-corrected chi connectivity index (χ4v) is 3.86. The molecule has 5 rings (SSSR count). The summed E-state index contributed by atoms with van der Waals surface area (Å²) in [5.74, 6) is -0.487. The fraction of sp³-hybridized carbons (Fsp3) is 0.0870. The molecule has 130 valence electrons. The topological polar surface area (TPSA) is 50.3 Å². The molecule has 0 N–H and O–H groups in total. The van der Waals surface area contributed by atoms with E-state index in [1.807, 2.05) is 67.6 Å². The Balaban J connectivity index is 1.88. The van der Waals surface area contributed by atoms with Crippen molar-refractivity contribution < 1.29 is 9.59 Å². The van der Waals surface area contributed by atoms with Crippen molar-refractivity contribution in [1.29, 1.82) is 0 Å². The van der Waals surface area contributed by atoms with Crippen LogP contribution in [0, 0.1) is 6.92 Å². The van der Waals surface area contributed by atoms with Crippen molar-refractivity contribution in [1.82, 2.24) is 4.98 Å². The van der Waals surface area contributed by atoms with Crippen LogP contribution in [0.5, 0.6) is 0 Å². The highest BCUT2D eigenvalue weighted by atomic mass is 16.2. The Morgan fingerprint density at radius 3 is 2.48 bits per heavy atom. The average Bonchev–Trinajstić information content (AvgIpc) is 2.68. The van der Waals surface area contributed by atoms with E-state index in [9.17, 15) is 9.59 Å². The number of rotatable bonds is 1. The van der Waals surface area contributed by atoms with E-state index in [0.29, 0.717) is 11.3 Å². The number of pyridine rings is 1. The largest absolute Gasteiger partial charge is 0.274 e. The van der Waals surface area contributed by atoms with E-state index in [2.05, 4.69) is 0 Å². The van der Waals surface area contributed by atoms with Gasteiger partial charge in [-0.2, -0.15) is 0 Å². The highest BCUT2D eigenvalue weighted by molar-refractivity contribution is 6.30. The number of benzene rings is 3. The standard InChI is InChI=1S/C23H16N2O2/c1-14-7-6-11-18-21(14)24-19-12-5-4-10-17(19)22(18)25-20(26)13-15-8-2-3-9-16(15)23(25)27/h2-12H,13H2,1H3. The number of aryl methyl sites for hydroxylation is 1. The van der Waals surface area contributed by atoms with Gasteiger partial charge in [0.05, 0.1) is 23.1 Å². The monoisotopic (exact) mass is 352 g/mol. The van der Waals surface area contributed by atoms with Crippen molar-refractivity contribution in [2.45, 2.75) is 13.3 Å². The van der Waals surface area contributed by atoms with E-state index >= 15 is 0 Å². The van der Waals surface area contributed by atoms with Gasteiger partial charge in [0.15, 0.2) is 0 Å². The lowest BCUT2D eigenvalue weighted by atomic mass is 9.96. The second-order valence-electron chi connectivity index (χ2n) is 6.82. The quantitative estimate of drug-likeness (QED) is 0.376. The molecule has 1 aliphatic rings. The summed E-state index contributed by atoms with van der Waals surface area (Å²) in [5, 5.41) is 1.62. The van der Waals surface area contributed by atoms with Crippen molar-refractivity contribution in [2.75, 3.05) is 4.90 Å². The predicted octanol–water partition coefficient (Wildman–Crippen LogP) is 4.43. The smallest absolute Gasteiger partial charge is 0.265 e. The molecule has 0 unspecified atom stereocenters. The van der Waals surface area contributed by atoms with Crippen LogP contribution in [-0.4, -0.2) is 16.8 Å². The van der Waals surface area contributed by atoms with Crippen molar-refractivity contribution >= 4 is 39.3 Å². The Labute approximate surface area is 156 Å². The number of anilines is 1. The third kappa shape index (κ3) is 2.27. The summed E-state index contributed by atoms with van der Waals surface area (Å²) in [6.07, 6.45) is 0.214. The number of aromatic nitrogens is 1. The SMILES string of the molecule is Cc1cccc2c(N3C(=O)Cc4ccccc4C3=O)c3ccccc3nc12. The maximum atomic E-state index is 13.3. The lowest BCUT2D eigenvalue weighted by molar-refractivity contribution is -0.117. The van der Waals surface area contributed by atoms with Crippen LogP contribution < -0.4 is 4.90 Å². The Morgan fingerprint density at radius 1 is 0.852 bits per heavy atom. The van der Waals surface area contributed by atoms with Crippen LogP contribution in [0.15, 0.2) is 66.7 Å². The van der Waals surface area contributed by atoms with Gasteiger partial charge in [-0.25, -0.2) is 9.88 Å². The number of hydrogen-bond acceptors (Lipinski definition) is 3. The van der Waals surface area contributed by atoms with Gasteiger partial charge in [0.1, 0.15) is 0 Å². The van der Waals surface area contributed by atoms with Gasteiger partial charge in [-0.3, -0.25) is 9.59 Å². The maximum absolute atomic E-state index is 13.3. The number of amides is 2. The number of carbonyl (C=O) groups is 2. The Kier molecular flexibility index (Phi) is 3.34. The van der Waals surface area contributed by atoms with Gasteiger partial charge < -0.3 is 0 Å². The zero-order valence-corrected chi connectivity index (χ0v) is 14.8. The number of nitrogens with zero attached hydrogens (tertiary/aromatic N) is 2. The molecule has 1 aliphatic heterocycles. The fourth-order valence-electron chi connectivity index (χ4n) is 3.86. The summed E-state index contributed by atoms with van der Waals surface area (Å²) in [5.41, 5.74) is 4.58. The first-order valence-corrected chi connectivity index (χ1v) is 8.88. The molecule has 0 bridgehead atoms. The molecule has 0 aliphatic carbocycles. The van der Waals surface area contributed by atoms with Gasteiger partial charge in [-0.1, -0.05) is 54.6 Å². The van der Waals surface area contributed by atoms with E-state index < -0.39 is 0 Å². The second kappa shape index (κ2) is 5.74. The van der Waals surface area contributed by atoms with Crippen LogP contribution in [0.2, 0.25) is 0 Å². The third-order valence-electron chi connectivity index (χ3n) is 5.15. The molecule has 0 saturated heterocycles. The molecular weight excluding hydrogens is 336 g/mol. The second-order valence-corrected chi connectivity index (χ2v) is 6.82. The van der Waals surface area contributed by atoms with E-state index in [4.69, 9.17) is 4.98 Å². The number of carbonyl (C=O) groups excluding carboxylic acids is 2. The van der Waals surface area contributed by atoms with Gasteiger partial charge in [-0.05, 0) is 30.2 Å². The first-order valence-electron chi connectivity index (χ1n) is 8.88. The number of hydrogen-bond donors (Lipinski definition) is 0. The molecule has 0 fully saturated rings. The van der Waals surface area contributed by atoms with Crippen LogP contribution in [0.4, 0.5) is 5.69 Å². The summed E-state index contributed by atoms with van der Waals surface area (Å²) >= 11 is 0. The molecule has 4 heteroatoms. The Morgan fingerprint density at radius 2 is 1.59 bits per heavy atom. The normalized spacial score (nSPS) is 14.0. The first kappa shape index (κ1) is 15.7. The van der Waals surface area contributed by atoms with Crippen LogP contribution in [-0.2, 0) is 11.2 Å². The van der Waals surface area contributed by atoms with Crippen LogP contribution in [0.25, 0.3) is 21.8 Å². The maximum Gasteiger partial charge on any atom is 0.265 e. The van der Waals surface area contributed by atoms with Crippen LogP contribution in [0.3, 0.4) is 0 Å². The minimum Gasteiger partial charge on any atom is -0.274 e. The zero-order chi connectivity index (χ0) is 18.5. The molecule has 2 amide bonds. The van der Waals surface area contributed by atoms with Gasteiger partial charge in [0, 0.05) is 16.3 Å². The van der Waals surface area contributed by atoms with Gasteiger partial charge in [0.2, 0.25) is 5.91 Å². The predicted molar refractivity (Wildman–Crippen MR) is 106 cm³/mol. The van der Waals surface area contributed by atoms with Gasteiger partial charge in [-0.15, -0.1) is 0 Å². The summed E-state index contributed by atoms with van der Waals surface area (Å²) in [7, 11) is 0. The minimum absolute atomic E-state index is 0.210. The highest BCUT2D eigenvalue weighted by Crippen LogP contribution is 2.37. The molecule has 0 spiro atoms. The summed E-state index contributed by atoms with van der Waals surface area (Å²) in [6.45, 7) is 1.99. The summed E-state index contributed by atoms with van der Waals surface area (Å²) in [4.78, 5) is 32.4. The van der Waals surface area contributed by atoms with E-state index in [-0.39, 0.29) is 18.2 Å². The van der Waals surface area contributed by atoms with Crippen molar-refractivity contribution in [3.63, 3.8) is 0 Å². The number of imide groups is 1. The lowest BCUT2D eigenvalue weighted by Crippen LogP contribution is -2.42. The molecule has 4 aromatic rings. The van der Waals surface area contributed by atoms with Crippen molar-refractivity contribution in [2.24, 2.45) is 0 Å². The van der Waals surface area contributed by atoms with Gasteiger partial charge >= 0.3 is 0 Å². The average molecular weight is 352 g/mol. The van der Waals surface area contributed by atoms with E-state index in [0.717, 1.165) is 32.9 Å². The first-order chi connectivity index (χ1) is 13.1. The lowest BCUT2D eigenvalue weighted by Gasteiger charge is -2.29. The molecule has 0 saturated carbocycles. The molecule has 27 heavy (non-hydrogen) atoms. The van der Waals surface area contributed by atoms with Crippen LogP contribution >= 0.6 is 0 Å². The van der Waals surface area contributed by atoms with Crippen LogP contribution in [0.1, 0.15) is 21.5 Å². The van der Waals surface area contributed by atoms with Gasteiger partial charge in [0.25, 0.3) is 5.91 Å². The number of fused-ring (bicyclic) bond motifs is 3. The molecule has 1 aromatic heterocycles. The van der Waals surface area contributed by atoms with E-state index in [1.165, 1.54) is 4.90 Å². The van der Waals surface area contributed by atoms with E-state index in [1.54, 1.807) is 6.07 Å². The highest BCUT2D eigenvalue weighted by Gasteiger charge is 2.34. The molecule has 2 heterocycles. The third-order valence-corrected chi connectivity index (χ3v) is 5.15.